The molecule has 1 aromatic carbocycles. The lowest BCUT2D eigenvalue weighted by molar-refractivity contribution is -0.137. The van der Waals surface area contributed by atoms with E-state index < -0.39 is 17.8 Å². The van der Waals surface area contributed by atoms with Crippen LogP contribution in [0, 0.1) is 0 Å². The summed E-state index contributed by atoms with van der Waals surface area (Å²) in [7, 11) is 0. The van der Waals surface area contributed by atoms with E-state index in [0.29, 0.717) is 5.56 Å². The summed E-state index contributed by atoms with van der Waals surface area (Å²) in [5.74, 6) is 0. The van der Waals surface area contributed by atoms with Crippen molar-refractivity contribution in [2.45, 2.75) is 29.9 Å². The SMILES string of the molecule is CSC1(CNCC(O)c2cccc(C(F)(F)F)c2)CC1. The fraction of sp³-hybridized carbons (Fsp3) is 0.571. The van der Waals surface area contributed by atoms with Crippen LogP contribution in [0.25, 0.3) is 0 Å². The molecule has 0 saturated heterocycles. The van der Waals surface area contributed by atoms with Crippen LogP contribution in [0.1, 0.15) is 30.1 Å². The number of thioether (sulfide) groups is 1. The van der Waals surface area contributed by atoms with Crippen molar-refractivity contribution in [1.82, 2.24) is 5.32 Å². The molecule has 1 fully saturated rings. The van der Waals surface area contributed by atoms with Gasteiger partial charge in [0.15, 0.2) is 0 Å². The van der Waals surface area contributed by atoms with Gasteiger partial charge in [0, 0.05) is 17.8 Å². The van der Waals surface area contributed by atoms with Gasteiger partial charge in [-0.3, -0.25) is 0 Å². The minimum absolute atomic E-state index is 0.267. The third-order valence-corrected chi connectivity index (χ3v) is 5.04. The predicted octanol–water partition coefficient (Wildman–Crippen LogP) is 3.22. The zero-order chi connectivity index (χ0) is 14.8. The van der Waals surface area contributed by atoms with Crippen LogP contribution in [0.4, 0.5) is 13.2 Å². The Morgan fingerprint density at radius 2 is 2.10 bits per heavy atom. The van der Waals surface area contributed by atoms with E-state index in [1.807, 2.05) is 0 Å². The zero-order valence-corrected chi connectivity index (χ0v) is 12.0. The van der Waals surface area contributed by atoms with Gasteiger partial charge >= 0.3 is 6.18 Å². The molecule has 0 aromatic heterocycles. The summed E-state index contributed by atoms with van der Waals surface area (Å²) in [6, 6.07) is 4.86. The van der Waals surface area contributed by atoms with Crippen LogP contribution in [-0.2, 0) is 6.18 Å². The first kappa shape index (κ1) is 15.7. The zero-order valence-electron chi connectivity index (χ0n) is 11.2. The van der Waals surface area contributed by atoms with Crippen molar-refractivity contribution >= 4 is 11.8 Å². The van der Waals surface area contributed by atoms with Crippen molar-refractivity contribution in [3.63, 3.8) is 0 Å². The Balaban J connectivity index is 1.90. The first-order chi connectivity index (χ1) is 9.36. The van der Waals surface area contributed by atoms with E-state index in [4.69, 9.17) is 0 Å². The molecule has 0 bridgehead atoms. The molecule has 0 spiro atoms. The van der Waals surface area contributed by atoms with Gasteiger partial charge in [-0.15, -0.1) is 0 Å². The third kappa shape index (κ3) is 3.90. The van der Waals surface area contributed by atoms with Crippen LogP contribution in [0.5, 0.6) is 0 Å². The molecule has 2 nitrogen and oxygen atoms in total. The van der Waals surface area contributed by atoms with E-state index >= 15 is 0 Å². The number of aliphatic hydroxyl groups is 1. The normalized spacial score (nSPS) is 18.9. The van der Waals surface area contributed by atoms with Crippen molar-refractivity contribution < 1.29 is 18.3 Å². The van der Waals surface area contributed by atoms with Crippen LogP contribution in [-0.4, -0.2) is 29.2 Å². The van der Waals surface area contributed by atoms with E-state index in [0.717, 1.165) is 31.5 Å². The van der Waals surface area contributed by atoms with Gasteiger partial charge in [-0.2, -0.15) is 24.9 Å². The summed E-state index contributed by atoms with van der Waals surface area (Å²) in [6.07, 6.45) is -0.936. The van der Waals surface area contributed by atoms with E-state index in [2.05, 4.69) is 11.6 Å². The molecule has 1 saturated carbocycles. The molecule has 1 aliphatic rings. The van der Waals surface area contributed by atoms with Crippen molar-refractivity contribution in [2.24, 2.45) is 0 Å². The van der Waals surface area contributed by atoms with Gasteiger partial charge in [0.2, 0.25) is 0 Å². The largest absolute Gasteiger partial charge is 0.416 e. The first-order valence-corrected chi connectivity index (χ1v) is 7.70. The molecule has 2 rings (SSSR count). The van der Waals surface area contributed by atoms with Gasteiger partial charge in [-0.05, 0) is 36.8 Å². The van der Waals surface area contributed by atoms with E-state index in [-0.39, 0.29) is 11.3 Å². The molecule has 1 unspecified atom stereocenters. The van der Waals surface area contributed by atoms with Crippen LogP contribution in [0.3, 0.4) is 0 Å². The van der Waals surface area contributed by atoms with Gasteiger partial charge in [0.1, 0.15) is 0 Å². The average molecular weight is 305 g/mol. The molecule has 1 atom stereocenters. The monoisotopic (exact) mass is 305 g/mol. The topological polar surface area (TPSA) is 32.3 Å². The lowest BCUT2D eigenvalue weighted by Crippen LogP contribution is -2.29. The van der Waals surface area contributed by atoms with Crippen LogP contribution in [0.2, 0.25) is 0 Å². The number of nitrogens with one attached hydrogen (secondary N) is 1. The Morgan fingerprint density at radius 3 is 2.65 bits per heavy atom. The van der Waals surface area contributed by atoms with Crippen molar-refractivity contribution in [2.75, 3.05) is 19.3 Å². The van der Waals surface area contributed by atoms with Gasteiger partial charge in [-0.25, -0.2) is 0 Å². The number of halogens is 3. The first-order valence-electron chi connectivity index (χ1n) is 6.47. The maximum absolute atomic E-state index is 12.6. The molecule has 1 aromatic rings. The highest BCUT2D eigenvalue weighted by molar-refractivity contribution is 8.00. The van der Waals surface area contributed by atoms with E-state index in [1.165, 1.54) is 12.1 Å². The van der Waals surface area contributed by atoms with Crippen molar-refractivity contribution in [3.8, 4) is 0 Å². The Labute approximate surface area is 120 Å². The minimum atomic E-state index is -4.37. The molecule has 1 aliphatic carbocycles. The molecular weight excluding hydrogens is 287 g/mol. The Kier molecular flexibility index (Phi) is 4.66. The highest BCUT2D eigenvalue weighted by atomic mass is 32.2. The Hall–Kier alpha value is -0.720. The lowest BCUT2D eigenvalue weighted by atomic mass is 10.1. The highest BCUT2D eigenvalue weighted by Gasteiger charge is 2.41. The summed E-state index contributed by atoms with van der Waals surface area (Å²) < 4.78 is 38.1. The summed E-state index contributed by atoms with van der Waals surface area (Å²) in [5.41, 5.74) is -0.432. The molecule has 0 amide bonds. The number of rotatable bonds is 6. The molecule has 6 heteroatoms. The number of aliphatic hydroxyl groups excluding tert-OH is 1. The standard InChI is InChI=1S/C14H18F3NOS/c1-20-13(5-6-13)9-18-8-12(19)10-3-2-4-11(7-10)14(15,16)17/h2-4,7,12,18-19H,5-6,8-9H2,1H3. The van der Waals surface area contributed by atoms with Gasteiger partial charge in [0.05, 0.1) is 11.7 Å². The molecule has 0 heterocycles. The summed E-state index contributed by atoms with van der Waals surface area (Å²) in [5, 5.41) is 13.1. The summed E-state index contributed by atoms with van der Waals surface area (Å²) in [6.45, 7) is 1.05. The smallest absolute Gasteiger partial charge is 0.387 e. The van der Waals surface area contributed by atoms with Crippen LogP contribution in [0.15, 0.2) is 24.3 Å². The fourth-order valence-corrected chi connectivity index (χ4v) is 2.83. The van der Waals surface area contributed by atoms with E-state index in [1.54, 1.807) is 11.8 Å². The van der Waals surface area contributed by atoms with E-state index in [9.17, 15) is 18.3 Å². The summed E-state index contributed by atoms with van der Waals surface area (Å²) >= 11 is 1.80. The highest BCUT2D eigenvalue weighted by Crippen LogP contribution is 2.46. The molecule has 20 heavy (non-hydrogen) atoms. The minimum Gasteiger partial charge on any atom is -0.387 e. The molecule has 0 aliphatic heterocycles. The molecule has 0 radical (unpaired) electrons. The Morgan fingerprint density at radius 1 is 1.40 bits per heavy atom. The Bertz CT molecular complexity index is 460. The summed E-state index contributed by atoms with van der Waals surface area (Å²) in [4.78, 5) is 0. The lowest BCUT2D eigenvalue weighted by Gasteiger charge is -2.17. The fourth-order valence-electron chi connectivity index (χ4n) is 2.07. The van der Waals surface area contributed by atoms with Crippen molar-refractivity contribution in [1.29, 1.82) is 0 Å². The van der Waals surface area contributed by atoms with Crippen LogP contribution < -0.4 is 5.32 Å². The number of benzene rings is 1. The predicted molar refractivity (Wildman–Crippen MR) is 74.8 cm³/mol. The second-order valence-electron chi connectivity index (χ2n) is 5.16. The second kappa shape index (κ2) is 5.95. The molecule has 112 valence electrons. The molecule has 2 N–H and O–H groups in total. The quantitative estimate of drug-likeness (QED) is 0.846. The average Bonchev–Trinajstić information content (AvgIpc) is 3.18. The maximum atomic E-state index is 12.6. The van der Waals surface area contributed by atoms with Crippen LogP contribution >= 0.6 is 11.8 Å². The number of hydrogen-bond donors (Lipinski definition) is 2. The number of hydrogen-bond acceptors (Lipinski definition) is 3. The third-order valence-electron chi connectivity index (χ3n) is 3.62. The number of alkyl halides is 3. The van der Waals surface area contributed by atoms with Gasteiger partial charge in [0.25, 0.3) is 0 Å². The molecular formula is C14H18F3NOS. The van der Waals surface area contributed by atoms with Crippen molar-refractivity contribution in [3.05, 3.63) is 35.4 Å². The van der Waals surface area contributed by atoms with Gasteiger partial charge in [-0.1, -0.05) is 12.1 Å². The maximum Gasteiger partial charge on any atom is 0.416 e. The van der Waals surface area contributed by atoms with Gasteiger partial charge < -0.3 is 10.4 Å². The second-order valence-corrected chi connectivity index (χ2v) is 6.43.